The van der Waals surface area contributed by atoms with Gasteiger partial charge in [0.1, 0.15) is 11.6 Å². The number of benzene rings is 2. The van der Waals surface area contributed by atoms with Gasteiger partial charge in [0.05, 0.1) is 7.11 Å². The van der Waals surface area contributed by atoms with Crippen molar-refractivity contribution in [1.29, 1.82) is 0 Å². The van der Waals surface area contributed by atoms with Crippen molar-refractivity contribution in [2.24, 2.45) is 5.73 Å². The summed E-state index contributed by atoms with van der Waals surface area (Å²) < 4.78 is 19.9. The van der Waals surface area contributed by atoms with Gasteiger partial charge in [0, 0.05) is 16.1 Å². The van der Waals surface area contributed by atoms with Gasteiger partial charge in [-0.3, -0.25) is 0 Å². The SMILES string of the molecule is COc1cc(C)ccc1C(N)Cc1ccc(Br)cc1F. The van der Waals surface area contributed by atoms with Crippen LogP contribution in [-0.4, -0.2) is 7.11 Å². The Balaban J connectivity index is 2.25. The summed E-state index contributed by atoms with van der Waals surface area (Å²) in [5.41, 5.74) is 8.80. The van der Waals surface area contributed by atoms with Crippen molar-refractivity contribution in [3.8, 4) is 5.75 Å². The average molecular weight is 338 g/mol. The van der Waals surface area contributed by atoms with Crippen molar-refractivity contribution in [1.82, 2.24) is 0 Å². The molecule has 20 heavy (non-hydrogen) atoms. The molecule has 0 aromatic heterocycles. The summed E-state index contributed by atoms with van der Waals surface area (Å²) in [6.07, 6.45) is 0.429. The van der Waals surface area contributed by atoms with E-state index >= 15 is 0 Å². The van der Waals surface area contributed by atoms with Crippen molar-refractivity contribution in [2.45, 2.75) is 19.4 Å². The van der Waals surface area contributed by atoms with E-state index in [0.717, 1.165) is 21.3 Å². The molecule has 2 rings (SSSR count). The molecule has 2 aromatic rings. The molecule has 0 aliphatic rings. The van der Waals surface area contributed by atoms with Crippen molar-refractivity contribution in [2.75, 3.05) is 7.11 Å². The molecule has 0 saturated heterocycles. The maximum atomic E-state index is 13.9. The number of methoxy groups -OCH3 is 1. The monoisotopic (exact) mass is 337 g/mol. The maximum absolute atomic E-state index is 13.9. The quantitative estimate of drug-likeness (QED) is 0.909. The summed E-state index contributed by atoms with van der Waals surface area (Å²) in [5, 5.41) is 0. The van der Waals surface area contributed by atoms with Gasteiger partial charge in [-0.2, -0.15) is 0 Å². The van der Waals surface area contributed by atoms with E-state index in [2.05, 4.69) is 15.9 Å². The molecule has 106 valence electrons. The molecule has 0 spiro atoms. The van der Waals surface area contributed by atoms with Gasteiger partial charge >= 0.3 is 0 Å². The average Bonchev–Trinajstić information content (AvgIpc) is 2.41. The molecule has 2 N–H and O–H groups in total. The molecule has 0 aliphatic carbocycles. The van der Waals surface area contributed by atoms with Gasteiger partial charge in [0.2, 0.25) is 0 Å². The summed E-state index contributed by atoms with van der Waals surface area (Å²) in [7, 11) is 1.62. The number of hydrogen-bond donors (Lipinski definition) is 1. The van der Waals surface area contributed by atoms with E-state index in [1.807, 2.05) is 31.2 Å². The molecule has 4 heteroatoms. The fourth-order valence-corrected chi connectivity index (χ4v) is 2.49. The number of ether oxygens (including phenoxy) is 1. The molecule has 2 aromatic carbocycles. The van der Waals surface area contributed by atoms with Crippen LogP contribution in [0.4, 0.5) is 4.39 Å². The lowest BCUT2D eigenvalue weighted by atomic mass is 9.97. The molecule has 0 radical (unpaired) electrons. The fourth-order valence-electron chi connectivity index (χ4n) is 2.16. The number of halogens is 2. The molecule has 0 fully saturated rings. The minimum atomic E-state index is -0.304. The van der Waals surface area contributed by atoms with Gasteiger partial charge in [-0.1, -0.05) is 34.1 Å². The minimum absolute atomic E-state index is 0.249. The smallest absolute Gasteiger partial charge is 0.127 e. The van der Waals surface area contributed by atoms with Gasteiger partial charge in [-0.15, -0.1) is 0 Å². The molecule has 1 atom stereocenters. The van der Waals surface area contributed by atoms with E-state index in [4.69, 9.17) is 10.5 Å². The third kappa shape index (κ3) is 3.38. The number of nitrogens with two attached hydrogens (primary N) is 1. The Morgan fingerprint density at radius 1 is 1.25 bits per heavy atom. The molecule has 0 saturated carbocycles. The second-order valence-electron chi connectivity index (χ2n) is 4.79. The summed E-state index contributed by atoms with van der Waals surface area (Å²) in [6.45, 7) is 1.99. The van der Waals surface area contributed by atoms with Crippen LogP contribution in [0, 0.1) is 12.7 Å². The van der Waals surface area contributed by atoms with Crippen LogP contribution >= 0.6 is 15.9 Å². The van der Waals surface area contributed by atoms with E-state index < -0.39 is 0 Å². The van der Waals surface area contributed by atoms with Gasteiger partial charge < -0.3 is 10.5 Å². The predicted octanol–water partition coefficient (Wildman–Crippen LogP) is 4.15. The lowest BCUT2D eigenvalue weighted by molar-refractivity contribution is 0.405. The topological polar surface area (TPSA) is 35.2 Å². The first-order valence-electron chi connectivity index (χ1n) is 6.35. The first-order chi connectivity index (χ1) is 9.51. The summed E-state index contributed by atoms with van der Waals surface area (Å²) in [5.74, 6) is 0.496. The Hall–Kier alpha value is -1.39. The highest BCUT2D eigenvalue weighted by atomic mass is 79.9. The Labute approximate surface area is 126 Å². The molecule has 0 bridgehead atoms. The largest absolute Gasteiger partial charge is 0.496 e. The van der Waals surface area contributed by atoms with Crippen molar-refractivity contribution >= 4 is 15.9 Å². The Morgan fingerprint density at radius 3 is 2.65 bits per heavy atom. The normalized spacial score (nSPS) is 12.2. The van der Waals surface area contributed by atoms with E-state index in [0.29, 0.717) is 12.0 Å². The van der Waals surface area contributed by atoms with Gasteiger partial charge in [0.25, 0.3) is 0 Å². The van der Waals surface area contributed by atoms with Crippen LogP contribution in [0.5, 0.6) is 5.75 Å². The Morgan fingerprint density at radius 2 is 2.00 bits per heavy atom. The zero-order chi connectivity index (χ0) is 14.7. The van der Waals surface area contributed by atoms with Crippen LogP contribution in [0.2, 0.25) is 0 Å². The summed E-state index contributed by atoms with van der Waals surface area (Å²) in [4.78, 5) is 0. The van der Waals surface area contributed by atoms with Crippen LogP contribution in [0.3, 0.4) is 0 Å². The zero-order valence-corrected chi connectivity index (χ0v) is 13.1. The number of aryl methyl sites for hydroxylation is 1. The second kappa shape index (κ2) is 6.37. The molecule has 0 heterocycles. The van der Waals surface area contributed by atoms with E-state index in [9.17, 15) is 4.39 Å². The molecule has 0 aliphatic heterocycles. The van der Waals surface area contributed by atoms with Crippen LogP contribution < -0.4 is 10.5 Å². The van der Waals surface area contributed by atoms with Crippen LogP contribution in [-0.2, 0) is 6.42 Å². The lowest BCUT2D eigenvalue weighted by Crippen LogP contribution is -2.15. The van der Waals surface area contributed by atoms with Crippen LogP contribution in [0.1, 0.15) is 22.7 Å². The lowest BCUT2D eigenvalue weighted by Gasteiger charge is -2.17. The van der Waals surface area contributed by atoms with Crippen LogP contribution in [0.25, 0.3) is 0 Å². The van der Waals surface area contributed by atoms with Gasteiger partial charge in [0.15, 0.2) is 0 Å². The third-order valence-electron chi connectivity index (χ3n) is 3.24. The summed E-state index contributed by atoms with van der Waals surface area (Å²) in [6, 6.07) is 10.6. The number of hydrogen-bond acceptors (Lipinski definition) is 2. The van der Waals surface area contributed by atoms with E-state index in [1.54, 1.807) is 13.2 Å². The van der Waals surface area contributed by atoms with E-state index in [-0.39, 0.29) is 11.9 Å². The minimum Gasteiger partial charge on any atom is -0.496 e. The fraction of sp³-hybridized carbons (Fsp3) is 0.250. The third-order valence-corrected chi connectivity index (χ3v) is 3.74. The van der Waals surface area contributed by atoms with Gasteiger partial charge in [-0.25, -0.2) is 4.39 Å². The Kier molecular flexibility index (Phi) is 4.78. The van der Waals surface area contributed by atoms with Gasteiger partial charge in [-0.05, 0) is 42.7 Å². The highest BCUT2D eigenvalue weighted by molar-refractivity contribution is 9.10. The van der Waals surface area contributed by atoms with Crippen LogP contribution in [0.15, 0.2) is 40.9 Å². The van der Waals surface area contributed by atoms with Crippen molar-refractivity contribution < 1.29 is 9.13 Å². The zero-order valence-electron chi connectivity index (χ0n) is 11.5. The highest BCUT2D eigenvalue weighted by Crippen LogP contribution is 2.28. The number of rotatable bonds is 4. The second-order valence-corrected chi connectivity index (χ2v) is 5.71. The predicted molar refractivity (Wildman–Crippen MR) is 82.5 cm³/mol. The summed E-state index contributed by atoms with van der Waals surface area (Å²) >= 11 is 3.25. The van der Waals surface area contributed by atoms with Crippen molar-refractivity contribution in [3.63, 3.8) is 0 Å². The highest BCUT2D eigenvalue weighted by Gasteiger charge is 2.15. The maximum Gasteiger partial charge on any atom is 0.127 e. The first-order valence-corrected chi connectivity index (χ1v) is 7.14. The Bertz CT molecular complexity index is 615. The molecule has 0 amide bonds. The molecular formula is C16H17BrFNO. The van der Waals surface area contributed by atoms with E-state index in [1.165, 1.54) is 6.07 Å². The van der Waals surface area contributed by atoms with Crippen molar-refractivity contribution in [3.05, 3.63) is 63.4 Å². The standard InChI is InChI=1S/C16H17BrFNO/c1-10-3-6-13(16(7-10)20-2)15(19)8-11-4-5-12(17)9-14(11)18/h3-7,9,15H,8,19H2,1-2H3. The molecule has 2 nitrogen and oxygen atoms in total. The molecular weight excluding hydrogens is 321 g/mol. The molecule has 1 unspecified atom stereocenters. The first kappa shape index (κ1) is 15.0.